The van der Waals surface area contributed by atoms with Gasteiger partial charge in [-0.3, -0.25) is 4.98 Å². The van der Waals surface area contributed by atoms with Gasteiger partial charge in [-0.2, -0.15) is 0 Å². The molecule has 0 amide bonds. The lowest BCUT2D eigenvalue weighted by Gasteiger charge is -2.29. The minimum Gasteiger partial charge on any atom is -0.348 e. The number of hydrogen-bond donors (Lipinski definition) is 0. The molecule has 0 radical (unpaired) electrons. The summed E-state index contributed by atoms with van der Waals surface area (Å²) in [7, 11) is 0. The second-order valence-corrected chi connectivity index (χ2v) is 5.71. The fraction of sp³-hybridized carbons (Fsp3) is 0.316. The van der Waals surface area contributed by atoms with Crippen LogP contribution in [0.15, 0.2) is 55.3 Å². The van der Waals surface area contributed by atoms with Crippen LogP contribution in [-0.4, -0.2) is 18.2 Å². The van der Waals surface area contributed by atoms with E-state index >= 15 is 0 Å². The molecule has 23 heavy (non-hydrogen) atoms. The zero-order valence-corrected chi connectivity index (χ0v) is 13.0. The second kappa shape index (κ2) is 7.49. The van der Waals surface area contributed by atoms with Crippen molar-refractivity contribution in [2.75, 3.05) is 13.2 Å². The largest absolute Gasteiger partial charge is 0.348 e. The first-order chi connectivity index (χ1) is 11.3. The van der Waals surface area contributed by atoms with Crippen molar-refractivity contribution in [2.45, 2.75) is 19.1 Å². The van der Waals surface area contributed by atoms with E-state index in [2.05, 4.69) is 11.6 Å². The van der Waals surface area contributed by atoms with Crippen LogP contribution in [0.25, 0.3) is 11.3 Å². The van der Waals surface area contributed by atoms with Crippen LogP contribution >= 0.6 is 0 Å². The van der Waals surface area contributed by atoms with E-state index in [4.69, 9.17) is 9.47 Å². The zero-order chi connectivity index (χ0) is 16.1. The Bertz CT molecular complexity index is 631. The second-order valence-electron chi connectivity index (χ2n) is 5.71. The first-order valence-corrected chi connectivity index (χ1v) is 7.82. The Balaban J connectivity index is 1.62. The van der Waals surface area contributed by atoms with Gasteiger partial charge in [-0.25, -0.2) is 4.39 Å². The molecule has 0 N–H and O–H groups in total. The fourth-order valence-electron chi connectivity index (χ4n) is 2.59. The minimum absolute atomic E-state index is 0.250. The van der Waals surface area contributed by atoms with Crippen molar-refractivity contribution in [3.8, 4) is 11.3 Å². The predicted molar refractivity (Wildman–Crippen MR) is 87.2 cm³/mol. The minimum atomic E-state index is -0.357. The summed E-state index contributed by atoms with van der Waals surface area (Å²) in [6, 6.07) is 10.1. The molecule has 0 unspecified atom stereocenters. The molecule has 2 aromatic rings. The maximum absolute atomic E-state index is 13.0. The van der Waals surface area contributed by atoms with Gasteiger partial charge in [0, 0.05) is 23.2 Å². The van der Waals surface area contributed by atoms with Gasteiger partial charge in [0.15, 0.2) is 6.29 Å². The summed E-state index contributed by atoms with van der Waals surface area (Å²) >= 11 is 0. The Kier molecular flexibility index (Phi) is 5.16. The van der Waals surface area contributed by atoms with Gasteiger partial charge >= 0.3 is 0 Å². The van der Waals surface area contributed by atoms with E-state index in [1.807, 2.05) is 18.2 Å². The van der Waals surface area contributed by atoms with Gasteiger partial charge in [0.25, 0.3) is 0 Å². The number of halogens is 1. The van der Waals surface area contributed by atoms with E-state index in [1.165, 1.54) is 12.1 Å². The van der Waals surface area contributed by atoms with Crippen LogP contribution < -0.4 is 0 Å². The van der Waals surface area contributed by atoms with E-state index in [1.54, 1.807) is 18.3 Å². The number of rotatable bonds is 5. The summed E-state index contributed by atoms with van der Waals surface area (Å²) in [4.78, 5) is 4.43. The average molecular weight is 313 g/mol. The van der Waals surface area contributed by atoms with Gasteiger partial charge in [0.05, 0.1) is 18.9 Å². The molecule has 0 atom stereocenters. The van der Waals surface area contributed by atoms with Crippen LogP contribution in [-0.2, 0) is 9.47 Å². The average Bonchev–Trinajstić information content (AvgIpc) is 2.61. The van der Waals surface area contributed by atoms with Crippen molar-refractivity contribution in [1.82, 2.24) is 4.98 Å². The molecule has 0 spiro atoms. The summed E-state index contributed by atoms with van der Waals surface area (Å²) < 4.78 is 24.5. The SMILES string of the molecule is C=CCC[C@H]1CO[C@H](c2ccc(-c3ccc(F)cc3)nc2)OC1. The molecule has 1 aromatic heterocycles. The number of ether oxygens (including phenoxy) is 2. The number of pyridine rings is 1. The highest BCUT2D eigenvalue weighted by molar-refractivity contribution is 5.58. The van der Waals surface area contributed by atoms with Crippen LogP contribution in [0.2, 0.25) is 0 Å². The molecule has 0 saturated carbocycles. The van der Waals surface area contributed by atoms with Crippen molar-refractivity contribution in [2.24, 2.45) is 5.92 Å². The van der Waals surface area contributed by atoms with Crippen LogP contribution in [0.4, 0.5) is 4.39 Å². The molecule has 1 aliphatic heterocycles. The number of allylic oxidation sites excluding steroid dienone is 1. The molecule has 4 heteroatoms. The molecular formula is C19H20FNO2. The first kappa shape index (κ1) is 15.8. The van der Waals surface area contributed by atoms with E-state index in [-0.39, 0.29) is 12.1 Å². The Labute approximate surface area is 135 Å². The Morgan fingerprint density at radius 1 is 1.13 bits per heavy atom. The molecular weight excluding hydrogens is 293 g/mol. The summed E-state index contributed by atoms with van der Waals surface area (Å²) in [5.41, 5.74) is 2.58. The molecule has 120 valence electrons. The van der Waals surface area contributed by atoms with Crippen LogP contribution in [0.5, 0.6) is 0 Å². The zero-order valence-electron chi connectivity index (χ0n) is 13.0. The topological polar surface area (TPSA) is 31.4 Å². The first-order valence-electron chi connectivity index (χ1n) is 7.82. The van der Waals surface area contributed by atoms with Crippen molar-refractivity contribution < 1.29 is 13.9 Å². The Morgan fingerprint density at radius 2 is 1.87 bits per heavy atom. The van der Waals surface area contributed by atoms with Gasteiger partial charge in [-0.05, 0) is 43.2 Å². The third-order valence-electron chi connectivity index (χ3n) is 3.94. The Morgan fingerprint density at radius 3 is 2.48 bits per heavy atom. The number of hydrogen-bond acceptors (Lipinski definition) is 3. The summed E-state index contributed by atoms with van der Waals surface area (Å²) in [6.45, 7) is 5.12. The highest BCUT2D eigenvalue weighted by Crippen LogP contribution is 2.27. The maximum atomic E-state index is 13.0. The molecule has 2 heterocycles. The quantitative estimate of drug-likeness (QED) is 0.761. The van der Waals surface area contributed by atoms with Gasteiger partial charge < -0.3 is 9.47 Å². The standard InChI is InChI=1S/C19H20FNO2/c1-2-3-4-14-12-22-19(23-13-14)16-7-10-18(21-11-16)15-5-8-17(20)9-6-15/h2,5-11,14,19H,1,3-4,12-13H2/t14-,19-. The normalized spacial score (nSPS) is 21.1. The molecule has 3 nitrogen and oxygen atoms in total. The summed E-state index contributed by atoms with van der Waals surface area (Å²) in [6.07, 6.45) is 5.34. The molecule has 1 aliphatic rings. The van der Waals surface area contributed by atoms with Crippen molar-refractivity contribution in [3.63, 3.8) is 0 Å². The Hall–Kier alpha value is -2.04. The van der Waals surface area contributed by atoms with Crippen LogP contribution in [0, 0.1) is 11.7 Å². The van der Waals surface area contributed by atoms with E-state index in [0.717, 1.165) is 29.7 Å². The summed E-state index contributed by atoms with van der Waals surface area (Å²) in [5.74, 6) is 0.177. The van der Waals surface area contributed by atoms with E-state index in [9.17, 15) is 4.39 Å². The number of nitrogens with zero attached hydrogens (tertiary/aromatic N) is 1. The van der Waals surface area contributed by atoms with Crippen LogP contribution in [0.3, 0.4) is 0 Å². The molecule has 0 aliphatic carbocycles. The van der Waals surface area contributed by atoms with E-state index in [0.29, 0.717) is 19.1 Å². The highest BCUT2D eigenvalue weighted by atomic mass is 19.1. The molecule has 1 saturated heterocycles. The number of aromatic nitrogens is 1. The van der Waals surface area contributed by atoms with E-state index < -0.39 is 0 Å². The lowest BCUT2D eigenvalue weighted by atomic mass is 10.0. The highest BCUT2D eigenvalue weighted by Gasteiger charge is 2.23. The molecule has 3 rings (SSSR count). The van der Waals surface area contributed by atoms with Crippen LogP contribution in [0.1, 0.15) is 24.7 Å². The number of benzene rings is 1. The smallest absolute Gasteiger partial charge is 0.185 e. The van der Waals surface area contributed by atoms with Gasteiger partial charge in [-0.15, -0.1) is 6.58 Å². The third-order valence-corrected chi connectivity index (χ3v) is 3.94. The van der Waals surface area contributed by atoms with Gasteiger partial charge in [0.1, 0.15) is 5.82 Å². The lowest BCUT2D eigenvalue weighted by Crippen LogP contribution is -2.27. The van der Waals surface area contributed by atoms with Crippen molar-refractivity contribution in [3.05, 3.63) is 66.6 Å². The predicted octanol–water partition coefficient (Wildman–Crippen LogP) is 4.52. The molecule has 1 fully saturated rings. The third kappa shape index (κ3) is 4.03. The fourth-order valence-corrected chi connectivity index (χ4v) is 2.59. The van der Waals surface area contributed by atoms with Gasteiger partial charge in [0.2, 0.25) is 0 Å². The molecule has 0 bridgehead atoms. The monoisotopic (exact) mass is 313 g/mol. The van der Waals surface area contributed by atoms with Crippen molar-refractivity contribution in [1.29, 1.82) is 0 Å². The molecule has 1 aromatic carbocycles. The summed E-state index contributed by atoms with van der Waals surface area (Å²) in [5, 5.41) is 0. The van der Waals surface area contributed by atoms with Crippen molar-refractivity contribution >= 4 is 0 Å². The lowest BCUT2D eigenvalue weighted by molar-refractivity contribution is -0.205. The van der Waals surface area contributed by atoms with Gasteiger partial charge in [-0.1, -0.05) is 12.1 Å². The maximum Gasteiger partial charge on any atom is 0.185 e.